The summed E-state index contributed by atoms with van der Waals surface area (Å²) in [7, 11) is 0. The summed E-state index contributed by atoms with van der Waals surface area (Å²) in [6, 6.07) is 1.82. The number of hydrogen-bond acceptors (Lipinski definition) is 5. The van der Waals surface area contributed by atoms with Crippen molar-refractivity contribution in [2.45, 2.75) is 25.7 Å². The van der Waals surface area contributed by atoms with Crippen LogP contribution < -0.4 is 5.32 Å². The summed E-state index contributed by atoms with van der Waals surface area (Å²) < 4.78 is 11.9. The molecule has 1 unspecified atom stereocenters. The van der Waals surface area contributed by atoms with Gasteiger partial charge in [-0.05, 0) is 29.8 Å². The first-order valence-electron chi connectivity index (χ1n) is 5.08. The summed E-state index contributed by atoms with van der Waals surface area (Å²) in [5, 5.41) is 3.18. The monoisotopic (exact) mass is 287 g/mol. The minimum atomic E-state index is -0.474. The molecule has 2 heterocycles. The SMILES string of the molecule is CC1(C)OCC(CNc2cc(Br)ncn2)O1. The highest BCUT2D eigenvalue weighted by atomic mass is 79.9. The van der Waals surface area contributed by atoms with Crippen LogP contribution in [-0.4, -0.2) is 35.0 Å². The number of rotatable bonds is 3. The van der Waals surface area contributed by atoms with Crippen LogP contribution in [0.1, 0.15) is 13.8 Å². The minimum Gasteiger partial charge on any atom is -0.367 e. The highest BCUT2D eigenvalue weighted by molar-refractivity contribution is 9.10. The minimum absolute atomic E-state index is 0.0590. The second kappa shape index (κ2) is 4.65. The highest BCUT2D eigenvalue weighted by Crippen LogP contribution is 2.22. The molecule has 1 saturated heterocycles. The lowest BCUT2D eigenvalue weighted by atomic mass is 10.3. The van der Waals surface area contributed by atoms with Gasteiger partial charge in [-0.15, -0.1) is 0 Å². The Morgan fingerprint density at radius 2 is 2.38 bits per heavy atom. The second-order valence-electron chi connectivity index (χ2n) is 4.06. The molecule has 1 atom stereocenters. The largest absolute Gasteiger partial charge is 0.367 e. The van der Waals surface area contributed by atoms with Gasteiger partial charge >= 0.3 is 0 Å². The van der Waals surface area contributed by atoms with Gasteiger partial charge in [0.25, 0.3) is 0 Å². The van der Waals surface area contributed by atoms with Crippen LogP contribution in [-0.2, 0) is 9.47 Å². The van der Waals surface area contributed by atoms with Crippen LogP contribution in [0, 0.1) is 0 Å². The van der Waals surface area contributed by atoms with Gasteiger partial charge in [-0.1, -0.05) is 0 Å². The number of anilines is 1. The fourth-order valence-corrected chi connectivity index (χ4v) is 1.82. The van der Waals surface area contributed by atoms with E-state index in [0.717, 1.165) is 10.4 Å². The van der Waals surface area contributed by atoms with E-state index in [1.54, 1.807) is 0 Å². The number of nitrogens with one attached hydrogen (secondary N) is 1. The van der Waals surface area contributed by atoms with Crippen LogP contribution in [0.2, 0.25) is 0 Å². The summed E-state index contributed by atoms with van der Waals surface area (Å²) in [4.78, 5) is 8.04. The maximum absolute atomic E-state index is 5.66. The lowest BCUT2D eigenvalue weighted by molar-refractivity contribution is -0.136. The van der Waals surface area contributed by atoms with Gasteiger partial charge in [-0.2, -0.15) is 0 Å². The Labute approximate surface area is 103 Å². The van der Waals surface area contributed by atoms with Crippen molar-refractivity contribution in [3.63, 3.8) is 0 Å². The molecule has 0 amide bonds. The zero-order chi connectivity index (χ0) is 11.6. The van der Waals surface area contributed by atoms with Gasteiger partial charge in [0.1, 0.15) is 22.9 Å². The molecule has 1 fully saturated rings. The van der Waals surface area contributed by atoms with E-state index in [4.69, 9.17) is 9.47 Å². The lowest BCUT2D eigenvalue weighted by Gasteiger charge is -2.17. The molecule has 6 heteroatoms. The van der Waals surface area contributed by atoms with Crippen molar-refractivity contribution in [2.24, 2.45) is 0 Å². The molecule has 1 aromatic rings. The van der Waals surface area contributed by atoms with Crippen molar-refractivity contribution in [1.82, 2.24) is 9.97 Å². The van der Waals surface area contributed by atoms with Crippen LogP contribution >= 0.6 is 15.9 Å². The Kier molecular flexibility index (Phi) is 3.41. The fourth-order valence-electron chi connectivity index (χ4n) is 1.51. The maximum atomic E-state index is 5.66. The molecule has 0 aliphatic carbocycles. The van der Waals surface area contributed by atoms with Crippen molar-refractivity contribution >= 4 is 21.7 Å². The van der Waals surface area contributed by atoms with Gasteiger partial charge in [-0.3, -0.25) is 0 Å². The molecular weight excluding hydrogens is 274 g/mol. The van der Waals surface area contributed by atoms with Gasteiger partial charge in [0, 0.05) is 12.6 Å². The third kappa shape index (κ3) is 3.13. The van der Waals surface area contributed by atoms with Crippen molar-refractivity contribution in [3.05, 3.63) is 17.0 Å². The van der Waals surface area contributed by atoms with E-state index in [1.807, 2.05) is 19.9 Å². The third-order valence-electron chi connectivity index (χ3n) is 2.21. The zero-order valence-electron chi connectivity index (χ0n) is 9.24. The van der Waals surface area contributed by atoms with Gasteiger partial charge in [0.05, 0.1) is 6.61 Å². The molecule has 5 nitrogen and oxygen atoms in total. The summed E-state index contributed by atoms with van der Waals surface area (Å²) in [5.74, 6) is 0.300. The molecule has 1 aliphatic heterocycles. The number of ether oxygens (including phenoxy) is 2. The van der Waals surface area contributed by atoms with Crippen molar-refractivity contribution in [1.29, 1.82) is 0 Å². The topological polar surface area (TPSA) is 56.3 Å². The second-order valence-corrected chi connectivity index (χ2v) is 4.87. The first-order chi connectivity index (χ1) is 7.55. The predicted octanol–water partition coefficient (Wildman–Crippen LogP) is 1.80. The van der Waals surface area contributed by atoms with E-state index in [9.17, 15) is 0 Å². The average Bonchev–Trinajstić information content (AvgIpc) is 2.56. The van der Waals surface area contributed by atoms with Crippen LogP contribution in [0.4, 0.5) is 5.82 Å². The molecular formula is C10H14BrN3O2. The van der Waals surface area contributed by atoms with E-state index >= 15 is 0 Å². The first-order valence-corrected chi connectivity index (χ1v) is 5.88. The standard InChI is InChI=1S/C10H14BrN3O2/c1-10(2)15-5-7(16-10)4-12-9-3-8(11)13-6-14-9/h3,6-7H,4-5H2,1-2H3,(H,12,13,14). The molecule has 0 bridgehead atoms. The number of nitrogens with zero attached hydrogens (tertiary/aromatic N) is 2. The van der Waals surface area contributed by atoms with Crippen molar-refractivity contribution in [2.75, 3.05) is 18.5 Å². The van der Waals surface area contributed by atoms with Crippen molar-refractivity contribution in [3.8, 4) is 0 Å². The Morgan fingerprint density at radius 3 is 3.00 bits per heavy atom. The van der Waals surface area contributed by atoms with Gasteiger partial charge in [-0.25, -0.2) is 9.97 Å². The summed E-state index contributed by atoms with van der Waals surface area (Å²) in [6.07, 6.45) is 1.56. The van der Waals surface area contributed by atoms with Gasteiger partial charge < -0.3 is 14.8 Å². The van der Waals surface area contributed by atoms with Crippen molar-refractivity contribution < 1.29 is 9.47 Å². The summed E-state index contributed by atoms with van der Waals surface area (Å²) >= 11 is 3.29. The van der Waals surface area contributed by atoms with Gasteiger partial charge in [0.2, 0.25) is 0 Å². The van der Waals surface area contributed by atoms with Crippen LogP contribution in [0.3, 0.4) is 0 Å². The third-order valence-corrected chi connectivity index (χ3v) is 2.65. The normalized spacial score (nSPS) is 23.3. The Morgan fingerprint density at radius 1 is 1.56 bits per heavy atom. The van der Waals surface area contributed by atoms with Crippen LogP contribution in [0.15, 0.2) is 17.0 Å². The fraction of sp³-hybridized carbons (Fsp3) is 0.600. The van der Waals surface area contributed by atoms with Gasteiger partial charge in [0.15, 0.2) is 5.79 Å². The Hall–Kier alpha value is -0.720. The maximum Gasteiger partial charge on any atom is 0.163 e. The highest BCUT2D eigenvalue weighted by Gasteiger charge is 2.32. The summed E-state index contributed by atoms with van der Waals surface area (Å²) in [5.41, 5.74) is 0. The Bertz CT molecular complexity index is 373. The average molecular weight is 288 g/mol. The Balaban J connectivity index is 1.84. The predicted molar refractivity (Wildman–Crippen MR) is 63.1 cm³/mol. The number of aromatic nitrogens is 2. The molecule has 16 heavy (non-hydrogen) atoms. The van der Waals surface area contributed by atoms with Crippen LogP contribution in [0.25, 0.3) is 0 Å². The number of hydrogen-bond donors (Lipinski definition) is 1. The molecule has 0 aromatic carbocycles. The molecule has 1 aliphatic rings. The molecule has 0 radical (unpaired) electrons. The van der Waals surface area contributed by atoms with E-state index < -0.39 is 5.79 Å². The molecule has 0 saturated carbocycles. The molecule has 0 spiro atoms. The zero-order valence-corrected chi connectivity index (χ0v) is 10.8. The smallest absolute Gasteiger partial charge is 0.163 e. The van der Waals surface area contributed by atoms with Crippen LogP contribution in [0.5, 0.6) is 0 Å². The van der Waals surface area contributed by atoms with E-state index in [0.29, 0.717) is 13.2 Å². The quantitative estimate of drug-likeness (QED) is 0.860. The van der Waals surface area contributed by atoms with E-state index in [-0.39, 0.29) is 6.10 Å². The molecule has 88 valence electrons. The molecule has 1 N–H and O–H groups in total. The number of halogens is 1. The molecule has 1 aromatic heterocycles. The van der Waals surface area contributed by atoms with E-state index in [1.165, 1.54) is 6.33 Å². The lowest BCUT2D eigenvalue weighted by Crippen LogP contribution is -2.26. The van der Waals surface area contributed by atoms with E-state index in [2.05, 4.69) is 31.2 Å². The molecule has 2 rings (SSSR count). The first kappa shape index (κ1) is 11.8. The summed E-state index contributed by atoms with van der Waals surface area (Å²) in [6.45, 7) is 5.10.